The summed E-state index contributed by atoms with van der Waals surface area (Å²) in [6.45, 7) is 1.74. The van der Waals surface area contributed by atoms with Gasteiger partial charge in [-0.25, -0.2) is 9.78 Å². The zero-order valence-corrected chi connectivity index (χ0v) is 20.2. The first-order chi connectivity index (χ1) is 17.4. The third-order valence-electron chi connectivity index (χ3n) is 6.50. The molecule has 0 bridgehead atoms. The number of hydrogen-bond acceptors (Lipinski definition) is 5. The molecule has 0 saturated heterocycles. The molecule has 1 amide bonds. The number of carboxylic acids is 1. The van der Waals surface area contributed by atoms with E-state index in [0.29, 0.717) is 29.1 Å². The number of aromatic nitrogens is 1. The van der Waals surface area contributed by atoms with Crippen LogP contribution in [0.25, 0.3) is 22.4 Å². The van der Waals surface area contributed by atoms with E-state index in [4.69, 9.17) is 20.8 Å². The first-order valence-corrected chi connectivity index (χ1v) is 11.9. The molecule has 5 rings (SSSR count). The number of nitrogens with one attached hydrogen (secondary N) is 1. The van der Waals surface area contributed by atoms with Gasteiger partial charge in [0.25, 0.3) is 0 Å². The monoisotopic (exact) mass is 502 g/mol. The van der Waals surface area contributed by atoms with Crippen LogP contribution in [0.5, 0.6) is 0 Å². The van der Waals surface area contributed by atoms with Gasteiger partial charge in [-0.2, -0.15) is 0 Å². The lowest BCUT2D eigenvalue weighted by molar-refractivity contribution is -0.140. The minimum absolute atomic E-state index is 0.173. The van der Waals surface area contributed by atoms with Crippen LogP contribution in [0.2, 0.25) is 5.02 Å². The number of anilines is 1. The number of carbonyl (C=O) groups is 2. The molecule has 8 heteroatoms. The second-order valence-corrected chi connectivity index (χ2v) is 9.17. The van der Waals surface area contributed by atoms with Gasteiger partial charge in [0.2, 0.25) is 5.88 Å². The fourth-order valence-electron chi connectivity index (χ4n) is 4.24. The summed E-state index contributed by atoms with van der Waals surface area (Å²) in [5, 5.41) is 12.6. The number of hydrogen-bond donors (Lipinski definition) is 2. The van der Waals surface area contributed by atoms with Crippen molar-refractivity contribution < 1.29 is 23.8 Å². The van der Waals surface area contributed by atoms with Crippen molar-refractivity contribution in [3.63, 3.8) is 0 Å². The molecule has 1 heterocycles. The van der Waals surface area contributed by atoms with E-state index in [1.807, 2.05) is 60.7 Å². The molecule has 0 aliphatic heterocycles. The van der Waals surface area contributed by atoms with Crippen LogP contribution in [0, 0.1) is 0 Å². The van der Waals surface area contributed by atoms with Gasteiger partial charge in [0.05, 0.1) is 5.41 Å². The van der Waals surface area contributed by atoms with Gasteiger partial charge < -0.3 is 14.3 Å². The number of nitrogens with zero attached hydrogens (tertiary/aromatic N) is 1. The van der Waals surface area contributed by atoms with Gasteiger partial charge in [0, 0.05) is 16.1 Å². The van der Waals surface area contributed by atoms with E-state index in [1.165, 1.54) is 6.39 Å². The van der Waals surface area contributed by atoms with Crippen molar-refractivity contribution >= 4 is 29.5 Å². The number of ether oxygens (including phenoxy) is 1. The van der Waals surface area contributed by atoms with Gasteiger partial charge in [-0.15, -0.1) is 0 Å². The second kappa shape index (κ2) is 9.51. The maximum Gasteiger partial charge on any atom is 0.414 e. The molecule has 182 valence electrons. The van der Waals surface area contributed by atoms with Gasteiger partial charge in [0.1, 0.15) is 11.8 Å². The molecule has 3 aromatic carbocycles. The Kier molecular flexibility index (Phi) is 6.24. The highest BCUT2D eigenvalue weighted by molar-refractivity contribution is 6.31. The molecule has 4 aromatic rings. The standard InChI is InChI=1S/C28H23ClN2O5/c1-17(22-4-2-3-5-23(22)29)36-27(34)31-25-24(30-16-35-25)20-8-6-18(7-9-20)19-10-12-21(13-11-19)28(14-15-28)26(32)33/h2-13,16-17H,14-15H2,1H3,(H,31,34)(H,32,33). The third-order valence-corrected chi connectivity index (χ3v) is 6.84. The summed E-state index contributed by atoms with van der Waals surface area (Å²) in [6, 6.07) is 22.4. The zero-order chi connectivity index (χ0) is 25.3. The molecule has 36 heavy (non-hydrogen) atoms. The molecule has 1 atom stereocenters. The molecule has 0 radical (unpaired) electrons. The van der Waals surface area contributed by atoms with Crippen molar-refractivity contribution in [1.82, 2.24) is 4.98 Å². The summed E-state index contributed by atoms with van der Waals surface area (Å²) in [7, 11) is 0. The molecule has 1 aliphatic carbocycles. The number of carbonyl (C=O) groups excluding carboxylic acids is 1. The minimum atomic E-state index is -0.765. The van der Waals surface area contributed by atoms with Gasteiger partial charge in [0.15, 0.2) is 6.39 Å². The topological polar surface area (TPSA) is 102 Å². The second-order valence-electron chi connectivity index (χ2n) is 8.77. The van der Waals surface area contributed by atoms with E-state index in [9.17, 15) is 14.7 Å². The number of aliphatic carboxylic acids is 1. The average Bonchev–Trinajstić information content (AvgIpc) is 3.58. The molecule has 1 fully saturated rings. The maximum atomic E-state index is 12.5. The number of carboxylic acid groups (broad SMARTS) is 1. The molecule has 7 nitrogen and oxygen atoms in total. The van der Waals surface area contributed by atoms with Crippen LogP contribution in [-0.2, 0) is 14.9 Å². The van der Waals surface area contributed by atoms with Crippen LogP contribution in [0.3, 0.4) is 0 Å². The lowest BCUT2D eigenvalue weighted by atomic mass is 9.93. The van der Waals surface area contributed by atoms with E-state index < -0.39 is 23.6 Å². The van der Waals surface area contributed by atoms with E-state index in [2.05, 4.69) is 10.3 Å². The van der Waals surface area contributed by atoms with Crippen molar-refractivity contribution in [2.24, 2.45) is 0 Å². The first-order valence-electron chi connectivity index (χ1n) is 11.5. The Morgan fingerprint density at radius 3 is 2.22 bits per heavy atom. The van der Waals surface area contributed by atoms with Crippen molar-refractivity contribution in [1.29, 1.82) is 0 Å². The molecule has 1 aromatic heterocycles. The Balaban J connectivity index is 1.27. The average molecular weight is 503 g/mol. The van der Waals surface area contributed by atoms with Gasteiger partial charge in [-0.05, 0) is 42.5 Å². The van der Waals surface area contributed by atoms with Crippen LogP contribution in [-0.4, -0.2) is 22.2 Å². The van der Waals surface area contributed by atoms with E-state index in [1.54, 1.807) is 19.1 Å². The lowest BCUT2D eigenvalue weighted by Gasteiger charge is -2.15. The Bertz CT molecular complexity index is 1410. The van der Waals surface area contributed by atoms with Gasteiger partial charge in [-0.1, -0.05) is 78.3 Å². The number of rotatable bonds is 7. The van der Waals surface area contributed by atoms with Crippen LogP contribution in [0.15, 0.2) is 83.6 Å². The predicted octanol–water partition coefficient (Wildman–Crippen LogP) is 7.09. The normalized spacial score (nSPS) is 14.6. The number of amides is 1. The molecule has 1 unspecified atom stereocenters. The fourth-order valence-corrected chi connectivity index (χ4v) is 4.53. The van der Waals surface area contributed by atoms with Crippen LogP contribution in [0.1, 0.15) is 37.0 Å². The fraction of sp³-hybridized carbons (Fsp3) is 0.179. The molecule has 2 N–H and O–H groups in total. The first kappa shape index (κ1) is 23.6. The van der Waals surface area contributed by atoms with Crippen molar-refractivity contribution in [2.75, 3.05) is 5.32 Å². The Labute approximate surface area is 212 Å². The lowest BCUT2D eigenvalue weighted by Crippen LogP contribution is -2.19. The Morgan fingerprint density at radius 2 is 1.61 bits per heavy atom. The van der Waals surface area contributed by atoms with Crippen molar-refractivity contribution in [3.05, 3.63) is 95.3 Å². The van der Waals surface area contributed by atoms with Crippen LogP contribution >= 0.6 is 11.6 Å². The molecular formula is C28H23ClN2O5. The predicted molar refractivity (Wildman–Crippen MR) is 136 cm³/mol. The van der Waals surface area contributed by atoms with E-state index in [-0.39, 0.29) is 5.88 Å². The summed E-state index contributed by atoms with van der Waals surface area (Å²) in [6.07, 6.45) is 1.37. The van der Waals surface area contributed by atoms with Crippen LogP contribution in [0.4, 0.5) is 10.7 Å². The highest BCUT2D eigenvalue weighted by Gasteiger charge is 2.51. The summed E-state index contributed by atoms with van der Waals surface area (Å²) in [5.74, 6) is -0.592. The zero-order valence-electron chi connectivity index (χ0n) is 19.4. The van der Waals surface area contributed by atoms with Crippen molar-refractivity contribution in [3.8, 4) is 22.4 Å². The van der Waals surface area contributed by atoms with Crippen molar-refractivity contribution in [2.45, 2.75) is 31.3 Å². The number of benzene rings is 3. The quantitative estimate of drug-likeness (QED) is 0.280. The molecular weight excluding hydrogens is 480 g/mol. The summed E-state index contributed by atoms with van der Waals surface area (Å²) < 4.78 is 10.8. The number of oxazole rings is 1. The van der Waals surface area contributed by atoms with E-state index in [0.717, 1.165) is 22.3 Å². The summed E-state index contributed by atoms with van der Waals surface area (Å²) in [5.41, 5.74) is 3.98. The maximum absolute atomic E-state index is 12.5. The summed E-state index contributed by atoms with van der Waals surface area (Å²) in [4.78, 5) is 28.3. The van der Waals surface area contributed by atoms with Gasteiger partial charge >= 0.3 is 12.1 Å². The minimum Gasteiger partial charge on any atom is -0.481 e. The number of halogens is 1. The highest BCUT2D eigenvalue weighted by Crippen LogP contribution is 2.48. The largest absolute Gasteiger partial charge is 0.481 e. The highest BCUT2D eigenvalue weighted by atomic mass is 35.5. The third kappa shape index (κ3) is 4.57. The summed E-state index contributed by atoms with van der Waals surface area (Å²) >= 11 is 6.19. The molecule has 1 aliphatic rings. The molecule has 0 spiro atoms. The Morgan fingerprint density at radius 1 is 1.00 bits per heavy atom. The van der Waals surface area contributed by atoms with Gasteiger partial charge in [-0.3, -0.25) is 10.1 Å². The SMILES string of the molecule is CC(OC(=O)Nc1ocnc1-c1ccc(-c2ccc(C3(C(=O)O)CC3)cc2)cc1)c1ccccc1Cl. The van der Waals surface area contributed by atoms with E-state index >= 15 is 0 Å². The molecule has 1 saturated carbocycles. The Hall–Kier alpha value is -4.10. The smallest absolute Gasteiger partial charge is 0.414 e. The van der Waals surface area contributed by atoms with Crippen LogP contribution < -0.4 is 5.32 Å².